The monoisotopic (exact) mass is 275 g/mol. The van der Waals surface area contributed by atoms with Crippen molar-refractivity contribution < 1.29 is 0 Å². The van der Waals surface area contributed by atoms with Crippen LogP contribution in [0.1, 0.15) is 29.7 Å². The van der Waals surface area contributed by atoms with Crippen molar-refractivity contribution in [2.75, 3.05) is 33.7 Å². The topological polar surface area (TPSA) is 32.5 Å². The highest BCUT2D eigenvalue weighted by molar-refractivity contribution is 5.33. The third-order valence-corrected chi connectivity index (χ3v) is 4.71. The molecule has 1 aliphatic rings. The van der Waals surface area contributed by atoms with Gasteiger partial charge in [0.15, 0.2) is 0 Å². The minimum atomic E-state index is 0.350. The predicted molar refractivity (Wildman–Crippen MR) is 85.9 cm³/mol. The van der Waals surface area contributed by atoms with E-state index in [1.165, 1.54) is 16.7 Å². The van der Waals surface area contributed by atoms with E-state index in [2.05, 4.69) is 62.9 Å². The van der Waals surface area contributed by atoms with Gasteiger partial charge in [-0.1, -0.05) is 30.7 Å². The minimum Gasteiger partial charge on any atom is -0.329 e. The third-order valence-electron chi connectivity index (χ3n) is 4.71. The molecule has 112 valence electrons. The summed E-state index contributed by atoms with van der Waals surface area (Å²) in [5, 5.41) is 0. The molecule has 2 rings (SSSR count). The van der Waals surface area contributed by atoms with Gasteiger partial charge in [-0.3, -0.25) is 4.90 Å². The quantitative estimate of drug-likeness (QED) is 0.914. The zero-order chi connectivity index (χ0) is 14.9. The molecule has 1 saturated heterocycles. The molecule has 0 saturated carbocycles. The number of likely N-dealkylation sites (tertiary alicyclic amines) is 1. The van der Waals surface area contributed by atoms with Crippen molar-refractivity contribution in [2.24, 2.45) is 11.7 Å². The van der Waals surface area contributed by atoms with Crippen LogP contribution in [-0.4, -0.2) is 49.6 Å². The van der Waals surface area contributed by atoms with Crippen LogP contribution in [0.4, 0.5) is 0 Å². The Morgan fingerprint density at radius 3 is 2.50 bits per heavy atom. The molecule has 0 aromatic heterocycles. The van der Waals surface area contributed by atoms with Crippen LogP contribution in [0.2, 0.25) is 0 Å². The average Bonchev–Trinajstić information content (AvgIpc) is 2.75. The van der Waals surface area contributed by atoms with Crippen LogP contribution >= 0.6 is 0 Å². The number of hydrogen-bond donors (Lipinski definition) is 1. The Kier molecular flexibility index (Phi) is 4.84. The average molecular weight is 275 g/mol. The fourth-order valence-corrected chi connectivity index (χ4v) is 3.59. The fourth-order valence-electron chi connectivity index (χ4n) is 3.59. The van der Waals surface area contributed by atoms with E-state index >= 15 is 0 Å². The molecule has 1 fully saturated rings. The zero-order valence-electron chi connectivity index (χ0n) is 13.6. The van der Waals surface area contributed by atoms with E-state index in [1.807, 2.05) is 0 Å². The molecule has 20 heavy (non-hydrogen) atoms. The van der Waals surface area contributed by atoms with Crippen molar-refractivity contribution in [3.05, 3.63) is 34.9 Å². The standard InChI is InChI=1S/C17H29N3/c1-12-6-7-15(13(2)8-12)16(9-18)20-10-14(3)17(11-20)19(4)5/h6-8,14,16-17H,9-11,18H2,1-5H3. The van der Waals surface area contributed by atoms with Crippen molar-refractivity contribution in [1.82, 2.24) is 9.80 Å². The van der Waals surface area contributed by atoms with E-state index in [0.29, 0.717) is 24.5 Å². The largest absolute Gasteiger partial charge is 0.329 e. The summed E-state index contributed by atoms with van der Waals surface area (Å²) >= 11 is 0. The normalized spacial score (nSPS) is 25.4. The minimum absolute atomic E-state index is 0.350. The molecule has 0 radical (unpaired) electrons. The van der Waals surface area contributed by atoms with Crippen LogP contribution in [0.5, 0.6) is 0 Å². The molecular formula is C17H29N3. The maximum atomic E-state index is 6.10. The van der Waals surface area contributed by atoms with E-state index < -0.39 is 0 Å². The van der Waals surface area contributed by atoms with E-state index in [1.54, 1.807) is 0 Å². The molecule has 3 unspecified atom stereocenters. The Hall–Kier alpha value is -0.900. The summed E-state index contributed by atoms with van der Waals surface area (Å²) in [6.07, 6.45) is 0. The van der Waals surface area contributed by atoms with Gasteiger partial charge < -0.3 is 10.6 Å². The van der Waals surface area contributed by atoms with Gasteiger partial charge in [-0.25, -0.2) is 0 Å². The van der Waals surface area contributed by atoms with Gasteiger partial charge in [-0.05, 0) is 45.0 Å². The molecule has 0 amide bonds. The van der Waals surface area contributed by atoms with E-state index in [9.17, 15) is 0 Å². The summed E-state index contributed by atoms with van der Waals surface area (Å²) in [5.41, 5.74) is 10.2. The molecule has 1 aromatic rings. The first-order valence-corrected chi connectivity index (χ1v) is 7.61. The van der Waals surface area contributed by atoms with Gasteiger partial charge in [0, 0.05) is 31.7 Å². The van der Waals surface area contributed by atoms with Crippen molar-refractivity contribution >= 4 is 0 Å². The molecule has 1 heterocycles. The van der Waals surface area contributed by atoms with Gasteiger partial charge in [0.1, 0.15) is 0 Å². The lowest BCUT2D eigenvalue weighted by molar-refractivity contribution is 0.219. The highest BCUT2D eigenvalue weighted by Gasteiger charge is 2.35. The van der Waals surface area contributed by atoms with Crippen LogP contribution in [0, 0.1) is 19.8 Å². The van der Waals surface area contributed by atoms with E-state index in [4.69, 9.17) is 5.73 Å². The van der Waals surface area contributed by atoms with Crippen LogP contribution in [0.3, 0.4) is 0 Å². The van der Waals surface area contributed by atoms with Gasteiger partial charge in [0.25, 0.3) is 0 Å². The van der Waals surface area contributed by atoms with E-state index in [0.717, 1.165) is 13.1 Å². The summed E-state index contributed by atoms with van der Waals surface area (Å²) < 4.78 is 0. The Labute approximate surface area is 123 Å². The summed E-state index contributed by atoms with van der Waals surface area (Å²) in [6.45, 7) is 9.64. The van der Waals surface area contributed by atoms with Gasteiger partial charge in [0.05, 0.1) is 0 Å². The number of hydrogen-bond acceptors (Lipinski definition) is 3. The number of benzene rings is 1. The smallest absolute Gasteiger partial charge is 0.0473 e. The van der Waals surface area contributed by atoms with Gasteiger partial charge in [-0.15, -0.1) is 0 Å². The zero-order valence-corrected chi connectivity index (χ0v) is 13.6. The number of nitrogens with zero attached hydrogens (tertiary/aromatic N) is 2. The molecule has 3 heteroatoms. The van der Waals surface area contributed by atoms with Crippen molar-refractivity contribution in [3.8, 4) is 0 Å². The van der Waals surface area contributed by atoms with Crippen molar-refractivity contribution in [3.63, 3.8) is 0 Å². The molecule has 2 N–H and O–H groups in total. The lowest BCUT2D eigenvalue weighted by Gasteiger charge is -2.29. The first kappa shape index (κ1) is 15.5. The molecule has 3 nitrogen and oxygen atoms in total. The molecule has 0 bridgehead atoms. The molecule has 0 aliphatic carbocycles. The molecule has 0 spiro atoms. The van der Waals surface area contributed by atoms with Gasteiger partial charge in [0.2, 0.25) is 0 Å². The maximum absolute atomic E-state index is 6.10. The Morgan fingerprint density at radius 2 is 2.00 bits per heavy atom. The highest BCUT2D eigenvalue weighted by Crippen LogP contribution is 2.30. The van der Waals surface area contributed by atoms with Crippen molar-refractivity contribution in [1.29, 1.82) is 0 Å². The maximum Gasteiger partial charge on any atom is 0.0473 e. The first-order chi connectivity index (χ1) is 9.43. The number of nitrogens with two attached hydrogens (primary N) is 1. The SMILES string of the molecule is Cc1ccc(C(CN)N2CC(C)C(N(C)C)C2)c(C)c1. The summed E-state index contributed by atoms with van der Waals surface area (Å²) in [7, 11) is 4.36. The van der Waals surface area contributed by atoms with Crippen LogP contribution in [-0.2, 0) is 0 Å². The second-order valence-electron chi connectivity index (χ2n) is 6.57. The number of rotatable bonds is 4. The lowest BCUT2D eigenvalue weighted by atomic mass is 9.98. The second kappa shape index (κ2) is 6.25. The first-order valence-electron chi connectivity index (χ1n) is 7.61. The second-order valence-corrected chi connectivity index (χ2v) is 6.57. The van der Waals surface area contributed by atoms with E-state index in [-0.39, 0.29) is 0 Å². The summed E-state index contributed by atoms with van der Waals surface area (Å²) in [6, 6.07) is 7.71. The Bertz CT molecular complexity index is 456. The van der Waals surface area contributed by atoms with Crippen LogP contribution in [0.15, 0.2) is 18.2 Å². The third kappa shape index (κ3) is 3.05. The summed E-state index contributed by atoms with van der Waals surface area (Å²) in [4.78, 5) is 4.91. The van der Waals surface area contributed by atoms with Crippen LogP contribution in [0.25, 0.3) is 0 Å². The Morgan fingerprint density at radius 1 is 1.30 bits per heavy atom. The molecular weight excluding hydrogens is 246 g/mol. The molecule has 1 aliphatic heterocycles. The van der Waals surface area contributed by atoms with Gasteiger partial charge in [-0.2, -0.15) is 0 Å². The number of aryl methyl sites for hydroxylation is 2. The van der Waals surface area contributed by atoms with Crippen LogP contribution < -0.4 is 5.73 Å². The summed E-state index contributed by atoms with van der Waals surface area (Å²) in [5.74, 6) is 0.699. The van der Waals surface area contributed by atoms with Crippen molar-refractivity contribution in [2.45, 2.75) is 32.9 Å². The predicted octanol–water partition coefficient (Wildman–Crippen LogP) is 2.19. The number of likely N-dealkylation sites (N-methyl/N-ethyl adjacent to an activating group) is 1. The molecule has 3 atom stereocenters. The fraction of sp³-hybridized carbons (Fsp3) is 0.647. The van der Waals surface area contributed by atoms with Gasteiger partial charge >= 0.3 is 0 Å². The molecule has 1 aromatic carbocycles. The lowest BCUT2D eigenvalue weighted by Crippen LogP contribution is -2.37. The Balaban J connectivity index is 2.21. The highest BCUT2D eigenvalue weighted by atomic mass is 15.3.